The number of hydrazone groups is 1. The van der Waals surface area contributed by atoms with Crippen molar-refractivity contribution < 1.29 is 18.9 Å². The summed E-state index contributed by atoms with van der Waals surface area (Å²) in [5.41, 5.74) is 2.38. The van der Waals surface area contributed by atoms with Crippen LogP contribution in [0.4, 0.5) is 0 Å². The highest BCUT2D eigenvalue weighted by molar-refractivity contribution is 5.83. The molecule has 2 aliphatic rings. The minimum Gasteiger partial charge on any atom is -0.486 e. The summed E-state index contributed by atoms with van der Waals surface area (Å²) < 4.78 is 25.2. The predicted molar refractivity (Wildman–Crippen MR) is 142 cm³/mol. The van der Waals surface area contributed by atoms with Crippen LogP contribution in [0.5, 0.6) is 23.1 Å². The smallest absolute Gasteiger partial charge is 0.351 e. The molecule has 0 saturated carbocycles. The summed E-state index contributed by atoms with van der Waals surface area (Å²) in [6, 6.07) is 15.0. The lowest BCUT2D eigenvalue weighted by atomic mass is 9.97. The van der Waals surface area contributed by atoms with Crippen molar-refractivity contribution in [3.63, 3.8) is 0 Å². The fraction of sp³-hybridized carbons (Fsp3) is 0.370. The third-order valence-electron chi connectivity index (χ3n) is 6.53. The molecular weight excluding hydrogens is 488 g/mol. The molecule has 0 radical (unpaired) electrons. The Morgan fingerprint density at radius 3 is 2.87 bits per heavy atom. The average Bonchev–Trinajstić information content (AvgIpc) is 2.94. The molecule has 0 aliphatic carbocycles. The molecule has 1 aromatic heterocycles. The van der Waals surface area contributed by atoms with Gasteiger partial charge in [0.2, 0.25) is 5.88 Å². The van der Waals surface area contributed by atoms with Crippen molar-refractivity contribution >= 4 is 5.84 Å². The summed E-state index contributed by atoms with van der Waals surface area (Å²) in [6.07, 6.45) is 2.31. The van der Waals surface area contributed by atoms with Gasteiger partial charge in [-0.15, -0.1) is 0 Å². The van der Waals surface area contributed by atoms with Crippen LogP contribution in [0, 0.1) is 0 Å². The van der Waals surface area contributed by atoms with Gasteiger partial charge in [-0.3, -0.25) is 9.58 Å². The molecule has 3 aromatic rings. The molecule has 38 heavy (non-hydrogen) atoms. The van der Waals surface area contributed by atoms with E-state index in [9.17, 15) is 4.79 Å². The van der Waals surface area contributed by atoms with Gasteiger partial charge in [-0.25, -0.2) is 10.6 Å². The molecule has 4 N–H and O–H groups in total. The van der Waals surface area contributed by atoms with Crippen molar-refractivity contribution in [2.24, 2.45) is 16.8 Å². The molecule has 0 fully saturated rings. The Bertz CT molecular complexity index is 1370. The molecule has 3 heterocycles. The summed E-state index contributed by atoms with van der Waals surface area (Å²) in [5, 5.41) is 5.29. The third-order valence-corrected chi connectivity index (χ3v) is 6.53. The van der Waals surface area contributed by atoms with Crippen molar-refractivity contribution in [2.45, 2.75) is 38.8 Å². The van der Waals surface area contributed by atoms with Gasteiger partial charge in [-0.2, -0.15) is 10.1 Å². The molecule has 0 amide bonds. The quantitative estimate of drug-likeness (QED) is 0.188. The van der Waals surface area contributed by atoms with Crippen LogP contribution in [-0.2, 0) is 13.0 Å². The van der Waals surface area contributed by atoms with Gasteiger partial charge >= 0.3 is 5.69 Å². The summed E-state index contributed by atoms with van der Waals surface area (Å²) in [5.74, 6) is 14.3. The number of hydrogen-bond donors (Lipinski definition) is 2. The van der Waals surface area contributed by atoms with Gasteiger partial charge < -0.3 is 24.8 Å². The summed E-state index contributed by atoms with van der Waals surface area (Å²) >= 11 is 0. The molecule has 11 nitrogen and oxygen atoms in total. The fourth-order valence-corrected chi connectivity index (χ4v) is 4.47. The van der Waals surface area contributed by atoms with Crippen LogP contribution < -0.4 is 36.3 Å². The zero-order valence-corrected chi connectivity index (χ0v) is 21.3. The standard InChI is InChI=1S/C27H32N6O5/c1-2-3-11-33(29)25(31-28)17-35-19-8-9-21-18(13-19)10-12-32-22(21)14-26(30-27(32)34)37-16-20-15-36-23-6-4-5-7-24(23)38-20/h4-9,13-14,20H,2-3,10-12,15-17,28-29H2,1H3/b31-25-. The number of ether oxygens (including phenoxy) is 4. The van der Waals surface area contributed by atoms with Crippen molar-refractivity contribution in [3.05, 3.63) is 64.6 Å². The predicted octanol–water partition coefficient (Wildman–Crippen LogP) is 2.31. The van der Waals surface area contributed by atoms with Gasteiger partial charge in [0.15, 0.2) is 23.4 Å². The van der Waals surface area contributed by atoms with Gasteiger partial charge in [0.1, 0.15) is 25.6 Å². The zero-order valence-electron chi connectivity index (χ0n) is 21.3. The number of hydrazine groups is 1. The average molecular weight is 521 g/mol. The molecule has 11 heteroatoms. The second-order valence-corrected chi connectivity index (χ2v) is 9.17. The SMILES string of the molecule is CCCCN(N)/C(COc1ccc2c(c1)CCn1c-2cc(OCC2COc3ccccc3O2)nc1=O)=N\N. The first-order chi connectivity index (χ1) is 18.6. The number of aromatic nitrogens is 2. The molecule has 5 rings (SSSR count). The molecule has 1 unspecified atom stereocenters. The Morgan fingerprint density at radius 2 is 2.05 bits per heavy atom. The van der Waals surface area contributed by atoms with E-state index in [2.05, 4.69) is 17.0 Å². The van der Waals surface area contributed by atoms with E-state index in [1.54, 1.807) is 10.6 Å². The van der Waals surface area contributed by atoms with E-state index in [0.717, 1.165) is 29.7 Å². The highest BCUT2D eigenvalue weighted by Gasteiger charge is 2.23. The number of hydrogen-bond acceptors (Lipinski definition) is 9. The molecule has 200 valence electrons. The number of unbranched alkanes of at least 4 members (excludes halogenated alkanes) is 1. The lowest BCUT2D eigenvalue weighted by Crippen LogP contribution is -2.42. The van der Waals surface area contributed by atoms with Crippen molar-refractivity contribution in [1.82, 2.24) is 14.6 Å². The van der Waals surface area contributed by atoms with Gasteiger partial charge in [0.05, 0.1) is 5.69 Å². The summed E-state index contributed by atoms with van der Waals surface area (Å²) in [4.78, 5) is 16.9. The molecule has 2 aromatic carbocycles. The number of amidine groups is 1. The Balaban J connectivity index is 1.27. The maximum Gasteiger partial charge on any atom is 0.351 e. The number of fused-ring (bicyclic) bond motifs is 4. The zero-order chi connectivity index (χ0) is 26.5. The molecule has 0 bridgehead atoms. The number of para-hydroxylation sites is 2. The van der Waals surface area contributed by atoms with Crippen LogP contribution in [0.1, 0.15) is 25.3 Å². The maximum absolute atomic E-state index is 12.8. The minimum absolute atomic E-state index is 0.158. The van der Waals surface area contributed by atoms with Gasteiger partial charge in [-0.1, -0.05) is 25.5 Å². The van der Waals surface area contributed by atoms with Crippen LogP contribution in [0.15, 0.2) is 58.4 Å². The lowest BCUT2D eigenvalue weighted by Gasteiger charge is -2.26. The summed E-state index contributed by atoms with van der Waals surface area (Å²) in [7, 11) is 0. The number of rotatable bonds is 9. The highest BCUT2D eigenvalue weighted by atomic mass is 16.6. The van der Waals surface area contributed by atoms with E-state index in [0.29, 0.717) is 49.2 Å². The first-order valence-corrected chi connectivity index (χ1v) is 12.7. The van der Waals surface area contributed by atoms with E-state index in [4.69, 9.17) is 30.6 Å². The molecule has 2 aliphatic heterocycles. The van der Waals surface area contributed by atoms with Gasteiger partial charge in [0.25, 0.3) is 0 Å². The van der Waals surface area contributed by atoms with E-state index in [-0.39, 0.29) is 30.9 Å². The van der Waals surface area contributed by atoms with Crippen LogP contribution in [0.2, 0.25) is 0 Å². The van der Waals surface area contributed by atoms with E-state index >= 15 is 0 Å². The van der Waals surface area contributed by atoms with Crippen molar-refractivity contribution in [1.29, 1.82) is 0 Å². The number of nitrogens with zero attached hydrogens (tertiary/aromatic N) is 4. The van der Waals surface area contributed by atoms with Gasteiger partial charge in [-0.05, 0) is 48.7 Å². The lowest BCUT2D eigenvalue weighted by molar-refractivity contribution is 0.0520. The Hall–Kier alpha value is -4.25. The van der Waals surface area contributed by atoms with Gasteiger partial charge in [0, 0.05) is 24.7 Å². The number of nitrogens with two attached hydrogens (primary N) is 2. The first kappa shape index (κ1) is 25.4. The summed E-state index contributed by atoms with van der Waals surface area (Å²) in [6.45, 7) is 3.96. The van der Waals surface area contributed by atoms with Crippen LogP contribution >= 0.6 is 0 Å². The Labute approximate surface area is 220 Å². The third kappa shape index (κ3) is 5.52. The molecule has 0 spiro atoms. The van der Waals surface area contributed by atoms with Crippen molar-refractivity contribution in [3.8, 4) is 34.4 Å². The minimum atomic E-state index is -0.353. The topological polar surface area (TPSA) is 139 Å². The Kier molecular flexibility index (Phi) is 7.64. The number of benzene rings is 2. The normalized spacial score (nSPS) is 15.8. The van der Waals surface area contributed by atoms with Crippen LogP contribution in [-0.4, -0.2) is 52.9 Å². The highest BCUT2D eigenvalue weighted by Crippen LogP contribution is 2.33. The molecular formula is C27H32N6O5. The Morgan fingerprint density at radius 1 is 1.21 bits per heavy atom. The van der Waals surface area contributed by atoms with E-state index < -0.39 is 0 Å². The first-order valence-electron chi connectivity index (χ1n) is 12.7. The number of aryl methyl sites for hydroxylation is 1. The van der Waals surface area contributed by atoms with E-state index in [1.165, 1.54) is 5.01 Å². The van der Waals surface area contributed by atoms with Crippen molar-refractivity contribution in [2.75, 3.05) is 26.4 Å². The van der Waals surface area contributed by atoms with Crippen LogP contribution in [0.3, 0.4) is 0 Å². The monoisotopic (exact) mass is 520 g/mol. The second-order valence-electron chi connectivity index (χ2n) is 9.17. The molecule has 1 atom stereocenters. The maximum atomic E-state index is 12.8. The second kappa shape index (κ2) is 11.4. The van der Waals surface area contributed by atoms with Crippen LogP contribution in [0.25, 0.3) is 11.3 Å². The molecule has 0 saturated heterocycles. The van der Waals surface area contributed by atoms with E-state index in [1.807, 2.05) is 42.5 Å². The largest absolute Gasteiger partial charge is 0.486 e. The fourth-order valence-electron chi connectivity index (χ4n) is 4.47.